The predicted octanol–water partition coefficient (Wildman–Crippen LogP) is 3.27. The SMILES string of the molecule is CNC1CCN(c2ccc(Br)c(C(F)(F)F)c2)C1. The van der Waals surface area contributed by atoms with Gasteiger partial charge in [-0.25, -0.2) is 0 Å². The topological polar surface area (TPSA) is 15.3 Å². The molecule has 1 unspecified atom stereocenters. The molecule has 0 saturated carbocycles. The minimum atomic E-state index is -4.32. The van der Waals surface area contributed by atoms with E-state index in [1.165, 1.54) is 12.1 Å². The maximum atomic E-state index is 12.8. The second kappa shape index (κ2) is 5.09. The average Bonchev–Trinajstić information content (AvgIpc) is 2.76. The van der Waals surface area contributed by atoms with E-state index in [-0.39, 0.29) is 4.47 Å². The quantitative estimate of drug-likeness (QED) is 0.899. The van der Waals surface area contributed by atoms with E-state index in [1.807, 2.05) is 11.9 Å². The number of benzene rings is 1. The first-order valence-corrected chi connectivity index (χ1v) is 6.50. The van der Waals surface area contributed by atoms with Crippen LogP contribution in [0.5, 0.6) is 0 Å². The molecule has 1 aromatic rings. The van der Waals surface area contributed by atoms with Gasteiger partial charge in [0, 0.05) is 29.3 Å². The van der Waals surface area contributed by atoms with E-state index in [0.29, 0.717) is 11.7 Å². The summed E-state index contributed by atoms with van der Waals surface area (Å²) in [5.41, 5.74) is 0.0104. The monoisotopic (exact) mass is 322 g/mol. The fourth-order valence-corrected chi connectivity index (χ4v) is 2.63. The molecule has 1 fully saturated rings. The Balaban J connectivity index is 2.25. The van der Waals surface area contributed by atoms with E-state index in [1.54, 1.807) is 6.07 Å². The van der Waals surface area contributed by atoms with E-state index in [9.17, 15) is 13.2 Å². The molecule has 1 aliphatic heterocycles. The molecule has 1 aliphatic rings. The fraction of sp³-hybridized carbons (Fsp3) is 0.500. The Labute approximate surface area is 112 Å². The first-order chi connectivity index (χ1) is 8.41. The maximum absolute atomic E-state index is 12.8. The van der Waals surface area contributed by atoms with Crippen LogP contribution in [-0.4, -0.2) is 26.2 Å². The lowest BCUT2D eigenvalue weighted by atomic mass is 10.2. The molecule has 0 spiro atoms. The molecule has 6 heteroatoms. The number of hydrogen-bond donors (Lipinski definition) is 1. The minimum absolute atomic E-state index is 0.0862. The molecule has 18 heavy (non-hydrogen) atoms. The van der Waals surface area contributed by atoms with Crippen molar-refractivity contribution in [3.63, 3.8) is 0 Å². The number of nitrogens with one attached hydrogen (secondary N) is 1. The van der Waals surface area contributed by atoms with Gasteiger partial charge in [-0.3, -0.25) is 0 Å². The van der Waals surface area contributed by atoms with Crippen LogP contribution >= 0.6 is 15.9 Å². The fourth-order valence-electron chi connectivity index (χ4n) is 2.16. The van der Waals surface area contributed by atoms with E-state index >= 15 is 0 Å². The highest BCUT2D eigenvalue weighted by atomic mass is 79.9. The Kier molecular flexibility index (Phi) is 3.87. The van der Waals surface area contributed by atoms with Crippen molar-refractivity contribution in [2.24, 2.45) is 0 Å². The van der Waals surface area contributed by atoms with Crippen LogP contribution in [0.15, 0.2) is 22.7 Å². The van der Waals surface area contributed by atoms with Gasteiger partial charge in [0.25, 0.3) is 0 Å². The van der Waals surface area contributed by atoms with Crippen LogP contribution in [0.25, 0.3) is 0 Å². The number of nitrogens with zero attached hydrogens (tertiary/aromatic N) is 1. The lowest BCUT2D eigenvalue weighted by Crippen LogP contribution is -2.29. The molecule has 100 valence electrons. The molecule has 0 aliphatic carbocycles. The lowest BCUT2D eigenvalue weighted by molar-refractivity contribution is -0.138. The summed E-state index contributed by atoms with van der Waals surface area (Å²) in [6, 6.07) is 4.74. The standard InChI is InChI=1S/C12H14BrF3N2/c1-17-8-4-5-18(7-8)9-2-3-11(13)10(6-9)12(14,15)16/h2-3,6,8,17H,4-5,7H2,1H3. The molecular weight excluding hydrogens is 309 g/mol. The zero-order valence-electron chi connectivity index (χ0n) is 9.89. The second-order valence-electron chi connectivity index (χ2n) is 4.38. The zero-order chi connectivity index (χ0) is 13.3. The third-order valence-corrected chi connectivity index (χ3v) is 3.91. The molecule has 1 atom stereocenters. The number of hydrogen-bond acceptors (Lipinski definition) is 2. The van der Waals surface area contributed by atoms with Gasteiger partial charge in [-0.2, -0.15) is 13.2 Å². The highest BCUT2D eigenvalue weighted by molar-refractivity contribution is 9.10. The summed E-state index contributed by atoms with van der Waals surface area (Å²) < 4.78 is 38.5. The molecule has 1 N–H and O–H groups in total. The average molecular weight is 323 g/mol. The molecule has 1 saturated heterocycles. The normalized spacial score (nSPS) is 20.5. The highest BCUT2D eigenvalue weighted by Gasteiger charge is 2.34. The predicted molar refractivity (Wildman–Crippen MR) is 68.8 cm³/mol. The van der Waals surface area contributed by atoms with Crippen molar-refractivity contribution in [3.8, 4) is 0 Å². The number of alkyl halides is 3. The summed E-state index contributed by atoms with van der Waals surface area (Å²) in [6.45, 7) is 1.53. The van der Waals surface area contributed by atoms with E-state index in [2.05, 4.69) is 21.2 Å². The molecule has 1 heterocycles. The van der Waals surface area contributed by atoms with Crippen LogP contribution in [0.3, 0.4) is 0 Å². The smallest absolute Gasteiger partial charge is 0.370 e. The third-order valence-electron chi connectivity index (χ3n) is 3.22. The number of halogens is 4. The lowest BCUT2D eigenvalue weighted by Gasteiger charge is -2.20. The molecule has 0 aromatic heterocycles. The van der Waals surface area contributed by atoms with E-state index in [0.717, 1.165) is 19.5 Å². The molecule has 0 amide bonds. The summed E-state index contributed by atoms with van der Waals surface area (Å²) in [5.74, 6) is 0. The van der Waals surface area contributed by atoms with Gasteiger partial charge in [-0.1, -0.05) is 15.9 Å². The summed E-state index contributed by atoms with van der Waals surface area (Å²) in [6.07, 6.45) is -3.37. The van der Waals surface area contributed by atoms with Crippen molar-refractivity contribution in [1.82, 2.24) is 5.32 Å². The Morgan fingerprint density at radius 1 is 1.39 bits per heavy atom. The Morgan fingerprint density at radius 2 is 2.11 bits per heavy atom. The summed E-state index contributed by atoms with van der Waals surface area (Å²) in [7, 11) is 1.87. The van der Waals surface area contributed by atoms with Gasteiger partial charge in [0.15, 0.2) is 0 Å². The molecule has 0 bridgehead atoms. The van der Waals surface area contributed by atoms with Crippen LogP contribution in [0.2, 0.25) is 0 Å². The van der Waals surface area contributed by atoms with Crippen molar-refractivity contribution >= 4 is 21.6 Å². The van der Waals surface area contributed by atoms with E-state index < -0.39 is 11.7 Å². The highest BCUT2D eigenvalue weighted by Crippen LogP contribution is 2.37. The number of rotatable bonds is 2. The third kappa shape index (κ3) is 2.80. The van der Waals surface area contributed by atoms with Crippen molar-refractivity contribution in [2.75, 3.05) is 25.0 Å². The second-order valence-corrected chi connectivity index (χ2v) is 5.24. The van der Waals surface area contributed by atoms with Gasteiger partial charge in [-0.15, -0.1) is 0 Å². The van der Waals surface area contributed by atoms with Gasteiger partial charge >= 0.3 is 6.18 Å². The Morgan fingerprint density at radius 3 is 2.67 bits per heavy atom. The molecular formula is C12H14BrF3N2. The van der Waals surface area contributed by atoms with Crippen LogP contribution in [0, 0.1) is 0 Å². The minimum Gasteiger partial charge on any atom is -0.370 e. The summed E-state index contributed by atoms with van der Waals surface area (Å²) >= 11 is 2.95. The molecule has 2 nitrogen and oxygen atoms in total. The van der Waals surface area contributed by atoms with Gasteiger partial charge in [-0.05, 0) is 31.7 Å². The van der Waals surface area contributed by atoms with Gasteiger partial charge in [0.1, 0.15) is 0 Å². The van der Waals surface area contributed by atoms with Crippen LogP contribution < -0.4 is 10.2 Å². The first-order valence-electron chi connectivity index (χ1n) is 5.71. The number of likely N-dealkylation sites (N-methyl/N-ethyl adjacent to an activating group) is 1. The largest absolute Gasteiger partial charge is 0.417 e. The molecule has 0 radical (unpaired) electrons. The first kappa shape index (κ1) is 13.7. The number of anilines is 1. The van der Waals surface area contributed by atoms with Crippen LogP contribution in [0.1, 0.15) is 12.0 Å². The van der Waals surface area contributed by atoms with Crippen molar-refractivity contribution in [3.05, 3.63) is 28.2 Å². The van der Waals surface area contributed by atoms with Crippen molar-refractivity contribution in [2.45, 2.75) is 18.6 Å². The molecule has 2 rings (SSSR count). The van der Waals surface area contributed by atoms with Gasteiger partial charge < -0.3 is 10.2 Å². The Bertz CT molecular complexity index is 434. The maximum Gasteiger partial charge on any atom is 0.417 e. The summed E-state index contributed by atoms with van der Waals surface area (Å²) in [5, 5.41) is 3.15. The van der Waals surface area contributed by atoms with Gasteiger partial charge in [0.2, 0.25) is 0 Å². The van der Waals surface area contributed by atoms with Crippen LogP contribution in [-0.2, 0) is 6.18 Å². The summed E-state index contributed by atoms with van der Waals surface area (Å²) in [4.78, 5) is 1.98. The van der Waals surface area contributed by atoms with Crippen molar-refractivity contribution in [1.29, 1.82) is 0 Å². The molecule has 1 aromatic carbocycles. The van der Waals surface area contributed by atoms with Crippen molar-refractivity contribution < 1.29 is 13.2 Å². The van der Waals surface area contributed by atoms with E-state index in [4.69, 9.17) is 0 Å². The van der Waals surface area contributed by atoms with Crippen LogP contribution in [0.4, 0.5) is 18.9 Å². The zero-order valence-corrected chi connectivity index (χ0v) is 11.5. The Hall–Kier alpha value is -0.750. The van der Waals surface area contributed by atoms with Gasteiger partial charge in [0.05, 0.1) is 5.56 Å².